The summed E-state index contributed by atoms with van der Waals surface area (Å²) in [4.78, 5) is 12.8. The average Bonchev–Trinajstić information content (AvgIpc) is 2.03. The highest BCUT2D eigenvalue weighted by Gasteiger charge is 2.21. The van der Waals surface area contributed by atoms with Crippen molar-refractivity contribution in [2.75, 3.05) is 13.1 Å². The number of carboxylic acid groups (broad SMARTS) is 1. The predicted molar refractivity (Wildman–Crippen MR) is 58.4 cm³/mol. The molecule has 14 heavy (non-hydrogen) atoms. The number of hydrogen-bond acceptors (Lipinski definition) is 2. The molecule has 0 aromatic carbocycles. The van der Waals surface area contributed by atoms with E-state index < -0.39 is 5.97 Å². The lowest BCUT2D eigenvalue weighted by Crippen LogP contribution is -2.42. The van der Waals surface area contributed by atoms with Crippen molar-refractivity contribution in [1.82, 2.24) is 4.90 Å². The molecule has 0 rings (SSSR count). The molecule has 0 aliphatic rings. The molecule has 0 spiro atoms. The lowest BCUT2D eigenvalue weighted by atomic mass is 9.99. The van der Waals surface area contributed by atoms with Crippen LogP contribution in [0.2, 0.25) is 0 Å². The molecule has 1 atom stereocenters. The Labute approximate surface area is 87.1 Å². The highest BCUT2D eigenvalue weighted by Crippen LogP contribution is 2.14. The van der Waals surface area contributed by atoms with Crippen molar-refractivity contribution in [3.63, 3.8) is 0 Å². The van der Waals surface area contributed by atoms with E-state index in [4.69, 9.17) is 5.11 Å². The molecule has 3 heteroatoms. The van der Waals surface area contributed by atoms with Crippen LogP contribution in [0.25, 0.3) is 0 Å². The number of rotatable bonds is 7. The van der Waals surface area contributed by atoms with E-state index >= 15 is 0 Å². The maximum absolute atomic E-state index is 10.7. The quantitative estimate of drug-likeness (QED) is 0.686. The van der Waals surface area contributed by atoms with E-state index in [1.165, 1.54) is 0 Å². The third-order valence-corrected chi connectivity index (χ3v) is 2.51. The van der Waals surface area contributed by atoms with Crippen LogP contribution in [0.4, 0.5) is 0 Å². The molecule has 0 saturated heterocycles. The normalized spacial score (nSPS) is 13.6. The van der Waals surface area contributed by atoms with E-state index in [-0.39, 0.29) is 6.54 Å². The lowest BCUT2D eigenvalue weighted by molar-refractivity contribution is -0.139. The molecule has 84 valence electrons. The van der Waals surface area contributed by atoms with Gasteiger partial charge in [0.2, 0.25) is 0 Å². The monoisotopic (exact) mass is 201 g/mol. The first-order chi connectivity index (χ1) is 6.52. The molecule has 0 fully saturated rings. The lowest BCUT2D eigenvalue weighted by Gasteiger charge is -2.32. The Morgan fingerprint density at radius 1 is 1.36 bits per heavy atom. The summed E-state index contributed by atoms with van der Waals surface area (Å²) in [6.07, 6.45) is 2.03. The van der Waals surface area contributed by atoms with Gasteiger partial charge in [0.1, 0.15) is 0 Å². The van der Waals surface area contributed by atoms with Crippen LogP contribution in [0, 0.1) is 5.92 Å². The zero-order valence-corrected chi connectivity index (χ0v) is 9.79. The van der Waals surface area contributed by atoms with E-state index in [1.807, 2.05) is 0 Å². The molecule has 0 heterocycles. The van der Waals surface area contributed by atoms with Crippen molar-refractivity contribution in [2.24, 2.45) is 5.92 Å². The van der Waals surface area contributed by atoms with Gasteiger partial charge < -0.3 is 5.11 Å². The molecule has 0 aromatic heterocycles. The fourth-order valence-corrected chi connectivity index (χ4v) is 1.97. The molecular formula is C11H23NO2. The van der Waals surface area contributed by atoms with E-state index in [9.17, 15) is 4.79 Å². The molecule has 0 radical (unpaired) electrons. The Bertz CT molecular complexity index is 169. The zero-order chi connectivity index (χ0) is 11.1. The molecule has 0 saturated carbocycles. The first kappa shape index (κ1) is 13.4. The van der Waals surface area contributed by atoms with Gasteiger partial charge >= 0.3 is 5.97 Å². The molecular weight excluding hydrogens is 178 g/mol. The summed E-state index contributed by atoms with van der Waals surface area (Å²) in [5, 5.41) is 8.80. The minimum absolute atomic E-state index is 0.171. The van der Waals surface area contributed by atoms with Gasteiger partial charge in [-0.2, -0.15) is 0 Å². The van der Waals surface area contributed by atoms with Crippen LogP contribution < -0.4 is 0 Å². The summed E-state index contributed by atoms with van der Waals surface area (Å²) in [7, 11) is 0. The standard InChI is InChI=1S/C11H23NO2/c1-5-7-12(8-11(13)14)10(6-2)9(3)4/h9-10H,5-8H2,1-4H3,(H,13,14). The van der Waals surface area contributed by atoms with Crippen molar-refractivity contribution in [3.05, 3.63) is 0 Å². The van der Waals surface area contributed by atoms with Gasteiger partial charge in [0.25, 0.3) is 0 Å². The van der Waals surface area contributed by atoms with Gasteiger partial charge in [-0.25, -0.2) is 0 Å². The van der Waals surface area contributed by atoms with Crippen LogP contribution in [0.15, 0.2) is 0 Å². The first-order valence-electron chi connectivity index (χ1n) is 5.48. The molecule has 0 aromatic rings. The summed E-state index contributed by atoms with van der Waals surface area (Å²) in [5.74, 6) is -0.205. The van der Waals surface area contributed by atoms with Crippen LogP contribution in [-0.2, 0) is 4.79 Å². The van der Waals surface area contributed by atoms with E-state index in [2.05, 4.69) is 32.6 Å². The van der Waals surface area contributed by atoms with Crippen molar-refractivity contribution in [3.8, 4) is 0 Å². The topological polar surface area (TPSA) is 40.5 Å². The Morgan fingerprint density at radius 2 is 1.93 bits per heavy atom. The smallest absolute Gasteiger partial charge is 0.317 e. The number of hydrogen-bond donors (Lipinski definition) is 1. The summed E-state index contributed by atoms with van der Waals surface area (Å²) >= 11 is 0. The van der Waals surface area contributed by atoms with Crippen LogP contribution in [-0.4, -0.2) is 35.1 Å². The second kappa shape index (κ2) is 6.82. The average molecular weight is 201 g/mol. The summed E-state index contributed by atoms with van der Waals surface area (Å²) in [6.45, 7) is 9.56. The van der Waals surface area contributed by atoms with Gasteiger partial charge in [-0.05, 0) is 25.3 Å². The Balaban J connectivity index is 4.34. The van der Waals surface area contributed by atoms with Crippen LogP contribution >= 0.6 is 0 Å². The van der Waals surface area contributed by atoms with E-state index in [0.717, 1.165) is 19.4 Å². The largest absolute Gasteiger partial charge is 0.480 e. The van der Waals surface area contributed by atoms with E-state index in [0.29, 0.717) is 12.0 Å². The maximum atomic E-state index is 10.7. The van der Waals surface area contributed by atoms with Crippen LogP contribution in [0.3, 0.4) is 0 Å². The van der Waals surface area contributed by atoms with Gasteiger partial charge in [0.15, 0.2) is 0 Å². The third-order valence-electron chi connectivity index (χ3n) is 2.51. The minimum Gasteiger partial charge on any atom is -0.480 e. The van der Waals surface area contributed by atoms with Crippen molar-refractivity contribution >= 4 is 5.97 Å². The highest BCUT2D eigenvalue weighted by atomic mass is 16.4. The Hall–Kier alpha value is -0.570. The molecule has 0 aliphatic heterocycles. The van der Waals surface area contributed by atoms with Crippen molar-refractivity contribution < 1.29 is 9.90 Å². The van der Waals surface area contributed by atoms with Gasteiger partial charge in [0, 0.05) is 6.04 Å². The molecule has 3 nitrogen and oxygen atoms in total. The van der Waals surface area contributed by atoms with Crippen LogP contribution in [0.5, 0.6) is 0 Å². The third kappa shape index (κ3) is 4.61. The molecule has 0 aliphatic carbocycles. The predicted octanol–water partition coefficient (Wildman–Crippen LogP) is 2.22. The Morgan fingerprint density at radius 3 is 2.21 bits per heavy atom. The Kier molecular flexibility index (Phi) is 6.54. The van der Waals surface area contributed by atoms with E-state index in [1.54, 1.807) is 0 Å². The number of carbonyl (C=O) groups is 1. The number of carboxylic acids is 1. The van der Waals surface area contributed by atoms with Crippen molar-refractivity contribution in [1.29, 1.82) is 0 Å². The summed E-state index contributed by atoms with van der Waals surface area (Å²) in [6, 6.07) is 0.394. The van der Waals surface area contributed by atoms with Crippen molar-refractivity contribution in [2.45, 2.75) is 46.6 Å². The fourth-order valence-electron chi connectivity index (χ4n) is 1.97. The zero-order valence-electron chi connectivity index (χ0n) is 9.79. The maximum Gasteiger partial charge on any atom is 0.317 e. The second-order valence-electron chi connectivity index (χ2n) is 4.08. The SMILES string of the molecule is CCCN(CC(=O)O)C(CC)C(C)C. The summed E-state index contributed by atoms with van der Waals surface area (Å²) in [5.41, 5.74) is 0. The summed E-state index contributed by atoms with van der Waals surface area (Å²) < 4.78 is 0. The van der Waals surface area contributed by atoms with Gasteiger partial charge in [-0.3, -0.25) is 9.69 Å². The van der Waals surface area contributed by atoms with Gasteiger partial charge in [-0.15, -0.1) is 0 Å². The molecule has 0 bridgehead atoms. The highest BCUT2D eigenvalue weighted by molar-refractivity contribution is 5.69. The first-order valence-corrected chi connectivity index (χ1v) is 5.48. The number of nitrogens with zero attached hydrogens (tertiary/aromatic N) is 1. The molecule has 1 N–H and O–H groups in total. The minimum atomic E-state index is -0.724. The van der Waals surface area contributed by atoms with Gasteiger partial charge in [0.05, 0.1) is 6.54 Å². The molecule has 1 unspecified atom stereocenters. The van der Waals surface area contributed by atoms with Gasteiger partial charge in [-0.1, -0.05) is 27.7 Å². The second-order valence-corrected chi connectivity index (χ2v) is 4.08. The number of aliphatic carboxylic acids is 1. The van der Waals surface area contributed by atoms with Crippen LogP contribution in [0.1, 0.15) is 40.5 Å². The fraction of sp³-hybridized carbons (Fsp3) is 0.909. The molecule has 0 amide bonds.